The molecule has 0 saturated carbocycles. The van der Waals surface area contributed by atoms with E-state index in [1.165, 1.54) is 8.61 Å². The number of benzene rings is 1. The number of aryl methyl sites for hydroxylation is 1. The lowest BCUT2D eigenvalue weighted by Crippen LogP contribution is -2.50. The van der Waals surface area contributed by atoms with Crippen LogP contribution in [0.1, 0.15) is 32.3 Å². The minimum Gasteiger partial charge on any atom is -0.212 e. The Kier molecular flexibility index (Phi) is 6.41. The average molecular weight is 375 g/mol. The molecular weight excluding hydrogens is 348 g/mol. The second-order valence-corrected chi connectivity index (χ2v) is 10.00. The zero-order valence-electron chi connectivity index (χ0n) is 14.3. The van der Waals surface area contributed by atoms with Gasteiger partial charge in [-0.05, 0) is 30.5 Å². The summed E-state index contributed by atoms with van der Waals surface area (Å²) in [6.07, 6.45) is 2.31. The molecule has 1 aromatic rings. The Bertz CT molecular complexity index is 735. The van der Waals surface area contributed by atoms with Crippen LogP contribution in [0.4, 0.5) is 0 Å². The number of sulfonamides is 2. The predicted octanol–water partition coefficient (Wildman–Crippen LogP) is 1.69. The second-order valence-electron chi connectivity index (χ2n) is 5.97. The molecule has 0 radical (unpaired) electrons. The maximum atomic E-state index is 12.7. The Hall–Kier alpha value is -0.960. The zero-order valence-corrected chi connectivity index (χ0v) is 15.9. The van der Waals surface area contributed by atoms with E-state index in [9.17, 15) is 16.8 Å². The van der Waals surface area contributed by atoms with Gasteiger partial charge >= 0.3 is 0 Å². The molecule has 0 amide bonds. The fraction of sp³-hybridized carbons (Fsp3) is 0.625. The molecule has 1 fully saturated rings. The van der Waals surface area contributed by atoms with Crippen LogP contribution in [0, 0.1) is 0 Å². The van der Waals surface area contributed by atoms with Crippen molar-refractivity contribution in [2.24, 2.45) is 0 Å². The van der Waals surface area contributed by atoms with E-state index in [1.54, 1.807) is 12.1 Å². The van der Waals surface area contributed by atoms with Gasteiger partial charge in [-0.1, -0.05) is 32.4 Å². The standard InChI is InChI=1S/C16H26N2O4S2/c1-3-5-14-23(19,20)17-10-12-18(13-11-17)24(21,22)16-8-6-15(4-2)7-9-16/h6-9H,3-5,10-14H2,1-2H3. The molecule has 136 valence electrons. The largest absolute Gasteiger partial charge is 0.243 e. The van der Waals surface area contributed by atoms with Crippen molar-refractivity contribution >= 4 is 20.0 Å². The van der Waals surface area contributed by atoms with Gasteiger partial charge in [-0.15, -0.1) is 0 Å². The summed E-state index contributed by atoms with van der Waals surface area (Å²) < 4.78 is 52.5. The van der Waals surface area contributed by atoms with Gasteiger partial charge in [-0.25, -0.2) is 16.8 Å². The number of rotatable bonds is 7. The van der Waals surface area contributed by atoms with E-state index >= 15 is 0 Å². The molecule has 0 N–H and O–H groups in total. The van der Waals surface area contributed by atoms with Crippen molar-refractivity contribution in [3.8, 4) is 0 Å². The molecule has 0 bridgehead atoms. The van der Waals surface area contributed by atoms with Gasteiger partial charge in [-0.2, -0.15) is 8.61 Å². The molecule has 24 heavy (non-hydrogen) atoms. The van der Waals surface area contributed by atoms with Crippen molar-refractivity contribution in [3.05, 3.63) is 29.8 Å². The summed E-state index contributed by atoms with van der Waals surface area (Å²) in [5.41, 5.74) is 1.08. The molecule has 0 atom stereocenters. The SMILES string of the molecule is CCCCS(=O)(=O)N1CCN(S(=O)(=O)c2ccc(CC)cc2)CC1. The first-order valence-electron chi connectivity index (χ1n) is 8.38. The van der Waals surface area contributed by atoms with Crippen LogP contribution in [-0.4, -0.2) is 57.4 Å². The number of nitrogens with zero attached hydrogens (tertiary/aromatic N) is 2. The van der Waals surface area contributed by atoms with Crippen LogP contribution in [0.3, 0.4) is 0 Å². The van der Waals surface area contributed by atoms with E-state index in [2.05, 4.69) is 0 Å². The van der Waals surface area contributed by atoms with Crippen LogP contribution in [0.25, 0.3) is 0 Å². The van der Waals surface area contributed by atoms with Crippen molar-refractivity contribution in [1.82, 2.24) is 8.61 Å². The Morgan fingerprint density at radius 3 is 1.92 bits per heavy atom. The lowest BCUT2D eigenvalue weighted by molar-refractivity contribution is 0.272. The predicted molar refractivity (Wildman–Crippen MR) is 94.8 cm³/mol. The minimum absolute atomic E-state index is 0.134. The van der Waals surface area contributed by atoms with Crippen molar-refractivity contribution in [1.29, 1.82) is 0 Å². The third kappa shape index (κ3) is 4.36. The van der Waals surface area contributed by atoms with E-state index < -0.39 is 20.0 Å². The second kappa shape index (κ2) is 7.95. The summed E-state index contributed by atoms with van der Waals surface area (Å²) in [7, 11) is -6.84. The molecule has 1 aliphatic heterocycles. The Labute approximate surface area is 145 Å². The summed E-state index contributed by atoms with van der Waals surface area (Å²) in [6.45, 7) is 4.80. The van der Waals surface area contributed by atoms with Gasteiger partial charge < -0.3 is 0 Å². The molecule has 0 unspecified atom stereocenters. The van der Waals surface area contributed by atoms with Crippen molar-refractivity contribution in [2.75, 3.05) is 31.9 Å². The van der Waals surface area contributed by atoms with Gasteiger partial charge in [0, 0.05) is 26.2 Å². The molecule has 1 aliphatic rings. The molecule has 1 saturated heterocycles. The lowest BCUT2D eigenvalue weighted by Gasteiger charge is -2.33. The smallest absolute Gasteiger partial charge is 0.212 e. The minimum atomic E-state index is -3.56. The van der Waals surface area contributed by atoms with Gasteiger partial charge in [0.25, 0.3) is 0 Å². The highest BCUT2D eigenvalue weighted by atomic mass is 32.2. The van der Waals surface area contributed by atoms with E-state index in [0.29, 0.717) is 6.42 Å². The Morgan fingerprint density at radius 2 is 1.42 bits per heavy atom. The van der Waals surface area contributed by atoms with Crippen molar-refractivity contribution in [2.45, 2.75) is 38.0 Å². The third-order valence-corrected chi connectivity index (χ3v) is 8.19. The molecule has 8 heteroatoms. The monoisotopic (exact) mass is 374 g/mol. The Morgan fingerprint density at radius 1 is 0.875 bits per heavy atom. The highest BCUT2D eigenvalue weighted by Crippen LogP contribution is 2.19. The molecule has 1 heterocycles. The van der Waals surface area contributed by atoms with Gasteiger partial charge in [0.1, 0.15) is 0 Å². The fourth-order valence-electron chi connectivity index (χ4n) is 2.69. The maximum Gasteiger partial charge on any atom is 0.243 e. The molecule has 2 rings (SSSR count). The summed E-state index contributed by atoms with van der Waals surface area (Å²) in [5.74, 6) is 0.134. The quantitative estimate of drug-likeness (QED) is 0.728. The lowest BCUT2D eigenvalue weighted by atomic mass is 10.2. The summed E-state index contributed by atoms with van der Waals surface area (Å²) >= 11 is 0. The molecular formula is C16H26N2O4S2. The zero-order chi connectivity index (χ0) is 17.8. The van der Waals surface area contributed by atoms with Crippen molar-refractivity contribution < 1.29 is 16.8 Å². The molecule has 0 aromatic heterocycles. The first kappa shape index (κ1) is 19.4. The first-order chi connectivity index (χ1) is 11.3. The van der Waals surface area contributed by atoms with Crippen molar-refractivity contribution in [3.63, 3.8) is 0 Å². The van der Waals surface area contributed by atoms with E-state index in [1.807, 2.05) is 26.0 Å². The van der Waals surface area contributed by atoms with Gasteiger partial charge in [-0.3, -0.25) is 0 Å². The van der Waals surface area contributed by atoms with Gasteiger partial charge in [0.2, 0.25) is 20.0 Å². The third-order valence-electron chi connectivity index (χ3n) is 4.32. The molecule has 6 nitrogen and oxygen atoms in total. The Balaban J connectivity index is 2.05. The summed E-state index contributed by atoms with van der Waals surface area (Å²) in [4.78, 5) is 0.266. The highest BCUT2D eigenvalue weighted by molar-refractivity contribution is 7.89. The summed E-state index contributed by atoms with van der Waals surface area (Å²) in [6, 6.07) is 6.88. The number of unbranched alkanes of at least 4 members (excludes halogenated alkanes) is 1. The van der Waals surface area contributed by atoms with E-state index in [4.69, 9.17) is 0 Å². The van der Waals surface area contributed by atoms with Crippen LogP contribution in [-0.2, 0) is 26.5 Å². The van der Waals surface area contributed by atoms with Crippen LogP contribution >= 0.6 is 0 Å². The number of hydrogen-bond acceptors (Lipinski definition) is 4. The molecule has 0 aliphatic carbocycles. The van der Waals surface area contributed by atoms with Gasteiger partial charge in [0.15, 0.2) is 0 Å². The van der Waals surface area contributed by atoms with E-state index in [-0.39, 0.29) is 36.8 Å². The summed E-state index contributed by atoms with van der Waals surface area (Å²) in [5, 5.41) is 0. The first-order valence-corrected chi connectivity index (χ1v) is 11.4. The maximum absolute atomic E-state index is 12.7. The van der Waals surface area contributed by atoms with E-state index in [0.717, 1.165) is 18.4 Å². The average Bonchev–Trinajstić information content (AvgIpc) is 2.60. The number of hydrogen-bond donors (Lipinski definition) is 0. The normalized spacial score (nSPS) is 17.9. The van der Waals surface area contributed by atoms with Crippen LogP contribution < -0.4 is 0 Å². The van der Waals surface area contributed by atoms with Crippen LogP contribution in [0.15, 0.2) is 29.2 Å². The van der Waals surface area contributed by atoms with Crippen LogP contribution in [0.5, 0.6) is 0 Å². The highest BCUT2D eigenvalue weighted by Gasteiger charge is 2.32. The number of piperazine rings is 1. The van der Waals surface area contributed by atoms with Gasteiger partial charge in [0.05, 0.1) is 10.6 Å². The molecule has 1 aromatic carbocycles. The topological polar surface area (TPSA) is 74.8 Å². The molecule has 0 spiro atoms. The van der Waals surface area contributed by atoms with Crippen LogP contribution in [0.2, 0.25) is 0 Å². The fourth-order valence-corrected chi connectivity index (χ4v) is 5.74.